The molecule has 2 unspecified atom stereocenters. The lowest BCUT2D eigenvalue weighted by atomic mass is 9.91. The molecule has 25 heavy (non-hydrogen) atoms. The molecule has 2 N–H and O–H groups in total. The van der Waals surface area contributed by atoms with Gasteiger partial charge in [0.15, 0.2) is 0 Å². The van der Waals surface area contributed by atoms with E-state index in [1.165, 1.54) is 18.4 Å². The number of hydrogen-bond donors (Lipinski definition) is 2. The van der Waals surface area contributed by atoms with Crippen LogP contribution in [-0.2, 0) is 14.8 Å². The quantitative estimate of drug-likeness (QED) is 0.829. The van der Waals surface area contributed by atoms with E-state index in [2.05, 4.69) is 10.6 Å². The third-order valence-electron chi connectivity index (χ3n) is 5.62. The van der Waals surface area contributed by atoms with Crippen LogP contribution in [0.15, 0.2) is 29.2 Å². The number of carbonyl (C=O) groups excluding carboxylic acids is 1. The van der Waals surface area contributed by atoms with Gasteiger partial charge in [-0.05, 0) is 62.4 Å². The van der Waals surface area contributed by atoms with E-state index in [4.69, 9.17) is 0 Å². The van der Waals surface area contributed by atoms with Crippen molar-refractivity contribution in [2.45, 2.75) is 37.1 Å². The van der Waals surface area contributed by atoms with E-state index >= 15 is 0 Å². The topological polar surface area (TPSA) is 78.5 Å². The van der Waals surface area contributed by atoms with Gasteiger partial charge >= 0.3 is 0 Å². The molecule has 0 bridgehead atoms. The zero-order chi connectivity index (χ0) is 18.2. The number of rotatable bonds is 5. The molecule has 1 heterocycles. The molecule has 1 aliphatic heterocycles. The van der Waals surface area contributed by atoms with Gasteiger partial charge in [-0.3, -0.25) is 4.79 Å². The molecule has 138 valence electrons. The summed E-state index contributed by atoms with van der Waals surface area (Å²) in [4.78, 5) is 12.8. The molecule has 3 rings (SSSR count). The van der Waals surface area contributed by atoms with E-state index in [1.54, 1.807) is 24.3 Å². The summed E-state index contributed by atoms with van der Waals surface area (Å²) >= 11 is 0. The second kappa shape index (κ2) is 6.70. The van der Waals surface area contributed by atoms with Crippen LogP contribution in [0.1, 0.15) is 37.8 Å². The maximum absolute atomic E-state index is 12.5. The van der Waals surface area contributed by atoms with Crippen LogP contribution >= 0.6 is 0 Å². The number of piperidine rings is 1. The molecule has 1 aliphatic carbocycles. The SMILES string of the molecule is CC(NC(=O)C1CC12CCNCC2)c1ccc(S(=O)(=O)N(C)C)cc1. The molecule has 0 aromatic heterocycles. The predicted octanol–water partition coefficient (Wildman–Crippen LogP) is 1.50. The van der Waals surface area contributed by atoms with Crippen molar-refractivity contribution in [1.82, 2.24) is 14.9 Å². The highest BCUT2D eigenvalue weighted by molar-refractivity contribution is 7.89. The van der Waals surface area contributed by atoms with Crippen molar-refractivity contribution < 1.29 is 13.2 Å². The zero-order valence-corrected chi connectivity index (χ0v) is 15.9. The molecule has 1 spiro atoms. The van der Waals surface area contributed by atoms with Crippen molar-refractivity contribution in [2.75, 3.05) is 27.2 Å². The molecular weight excluding hydrogens is 338 g/mol. The van der Waals surface area contributed by atoms with Crippen molar-refractivity contribution in [1.29, 1.82) is 0 Å². The second-order valence-corrected chi connectivity index (χ2v) is 9.61. The smallest absolute Gasteiger partial charge is 0.242 e. The number of benzene rings is 1. The first-order chi connectivity index (χ1) is 11.8. The van der Waals surface area contributed by atoms with Gasteiger partial charge in [-0.1, -0.05) is 12.1 Å². The van der Waals surface area contributed by atoms with Gasteiger partial charge in [0.05, 0.1) is 10.9 Å². The Hall–Kier alpha value is -1.44. The number of carbonyl (C=O) groups is 1. The Bertz CT molecular complexity index is 737. The van der Waals surface area contributed by atoms with Crippen LogP contribution in [-0.4, -0.2) is 45.8 Å². The van der Waals surface area contributed by atoms with Gasteiger partial charge in [0.25, 0.3) is 0 Å². The fourth-order valence-corrected chi connectivity index (χ4v) is 4.63. The van der Waals surface area contributed by atoms with E-state index in [0.717, 1.165) is 37.9 Å². The maximum atomic E-state index is 12.5. The molecule has 7 heteroatoms. The average molecular weight is 365 g/mol. The first-order valence-electron chi connectivity index (χ1n) is 8.80. The van der Waals surface area contributed by atoms with Crippen molar-refractivity contribution in [3.05, 3.63) is 29.8 Å². The van der Waals surface area contributed by atoms with Crippen LogP contribution < -0.4 is 10.6 Å². The summed E-state index contributed by atoms with van der Waals surface area (Å²) in [6, 6.07) is 6.60. The summed E-state index contributed by atoms with van der Waals surface area (Å²) in [7, 11) is -0.400. The number of sulfonamides is 1. The van der Waals surface area contributed by atoms with Crippen molar-refractivity contribution in [2.24, 2.45) is 11.3 Å². The van der Waals surface area contributed by atoms with E-state index in [9.17, 15) is 13.2 Å². The summed E-state index contributed by atoms with van der Waals surface area (Å²) in [5.74, 6) is 0.254. The predicted molar refractivity (Wildman–Crippen MR) is 96.5 cm³/mol. The van der Waals surface area contributed by atoms with Crippen molar-refractivity contribution in [3.8, 4) is 0 Å². The molecule has 1 aromatic carbocycles. The molecule has 1 aromatic rings. The fourth-order valence-electron chi connectivity index (χ4n) is 3.73. The standard InChI is InChI=1S/C18H27N3O3S/c1-13(14-4-6-15(7-5-14)25(23,24)21(2)3)20-17(22)16-12-18(16)8-10-19-11-9-18/h4-7,13,16,19H,8-12H2,1-3H3,(H,20,22). The lowest BCUT2D eigenvalue weighted by molar-refractivity contribution is -0.123. The minimum absolute atomic E-state index is 0.124. The summed E-state index contributed by atoms with van der Waals surface area (Å²) in [5.41, 5.74) is 1.13. The highest BCUT2D eigenvalue weighted by atomic mass is 32.2. The highest BCUT2D eigenvalue weighted by Gasteiger charge is 2.57. The Kier molecular flexibility index (Phi) is 4.92. The Labute approximate surface area is 150 Å². The molecule has 6 nitrogen and oxygen atoms in total. The monoisotopic (exact) mass is 365 g/mol. The summed E-state index contributed by atoms with van der Waals surface area (Å²) < 4.78 is 25.4. The number of nitrogens with one attached hydrogen (secondary N) is 2. The van der Waals surface area contributed by atoms with Gasteiger partial charge in [-0.15, -0.1) is 0 Å². The Morgan fingerprint density at radius 2 is 1.84 bits per heavy atom. The zero-order valence-electron chi connectivity index (χ0n) is 15.1. The van der Waals surface area contributed by atoms with Gasteiger partial charge in [0.1, 0.15) is 0 Å². The summed E-state index contributed by atoms with van der Waals surface area (Å²) in [6.07, 6.45) is 3.15. The maximum Gasteiger partial charge on any atom is 0.242 e. The second-order valence-electron chi connectivity index (χ2n) is 7.46. The lowest BCUT2D eigenvalue weighted by Gasteiger charge is -2.24. The van der Waals surface area contributed by atoms with Gasteiger partial charge in [0, 0.05) is 20.0 Å². The normalized spacial score (nSPS) is 23.4. The molecule has 0 radical (unpaired) electrons. The van der Waals surface area contributed by atoms with Gasteiger partial charge in [-0.25, -0.2) is 12.7 Å². The number of hydrogen-bond acceptors (Lipinski definition) is 4. The van der Waals surface area contributed by atoms with Crippen LogP contribution in [0.25, 0.3) is 0 Å². The van der Waals surface area contributed by atoms with Gasteiger partial charge in [-0.2, -0.15) is 0 Å². The number of nitrogens with zero attached hydrogens (tertiary/aromatic N) is 1. The average Bonchev–Trinajstić information content (AvgIpc) is 3.28. The third-order valence-corrected chi connectivity index (χ3v) is 7.45. The van der Waals surface area contributed by atoms with Crippen LogP contribution in [0.2, 0.25) is 0 Å². The van der Waals surface area contributed by atoms with Crippen molar-refractivity contribution >= 4 is 15.9 Å². The lowest BCUT2D eigenvalue weighted by Crippen LogP contribution is -2.34. The number of amides is 1. The molecule has 2 atom stereocenters. The minimum atomic E-state index is -3.42. The fraction of sp³-hybridized carbons (Fsp3) is 0.611. The van der Waals surface area contributed by atoms with Gasteiger partial charge < -0.3 is 10.6 Å². The molecular formula is C18H27N3O3S. The van der Waals surface area contributed by atoms with Crippen LogP contribution in [0.5, 0.6) is 0 Å². The molecule has 2 fully saturated rings. The summed E-state index contributed by atoms with van der Waals surface area (Å²) in [6.45, 7) is 3.94. The Morgan fingerprint density at radius 3 is 2.40 bits per heavy atom. The first kappa shape index (κ1) is 18.4. The van der Waals surface area contributed by atoms with Crippen LogP contribution in [0.4, 0.5) is 0 Å². The highest BCUT2D eigenvalue weighted by Crippen LogP contribution is 2.58. The summed E-state index contributed by atoms with van der Waals surface area (Å²) in [5, 5.41) is 6.44. The molecule has 2 aliphatic rings. The van der Waals surface area contributed by atoms with Crippen LogP contribution in [0, 0.1) is 11.3 Å². The third kappa shape index (κ3) is 3.59. The van der Waals surface area contributed by atoms with Gasteiger partial charge in [0.2, 0.25) is 15.9 Å². The van der Waals surface area contributed by atoms with Crippen molar-refractivity contribution in [3.63, 3.8) is 0 Å². The first-order valence-corrected chi connectivity index (χ1v) is 10.2. The minimum Gasteiger partial charge on any atom is -0.349 e. The Morgan fingerprint density at radius 1 is 1.24 bits per heavy atom. The molecule has 1 amide bonds. The van der Waals surface area contributed by atoms with Crippen LogP contribution in [0.3, 0.4) is 0 Å². The van der Waals surface area contributed by atoms with E-state index in [-0.39, 0.29) is 28.2 Å². The molecule has 1 saturated carbocycles. The van der Waals surface area contributed by atoms with E-state index in [0.29, 0.717) is 0 Å². The Balaban J connectivity index is 1.62. The van der Waals surface area contributed by atoms with E-state index < -0.39 is 10.0 Å². The van der Waals surface area contributed by atoms with E-state index in [1.807, 2.05) is 6.92 Å². The molecule has 1 saturated heterocycles. The largest absolute Gasteiger partial charge is 0.349 e.